The molecule has 0 atom stereocenters. The minimum atomic E-state index is -0.300. The molecule has 1 aliphatic rings. The summed E-state index contributed by atoms with van der Waals surface area (Å²) in [6.07, 6.45) is 5.44. The topological polar surface area (TPSA) is 63.7 Å². The summed E-state index contributed by atoms with van der Waals surface area (Å²) in [4.78, 5) is 12.2. The monoisotopic (exact) mass is 392 g/mol. The second kappa shape index (κ2) is 9.01. The number of piperidine rings is 1. The summed E-state index contributed by atoms with van der Waals surface area (Å²) in [5, 5.41) is 4.60. The fourth-order valence-electron chi connectivity index (χ4n) is 3.80. The number of amidine groups is 1. The minimum absolute atomic E-state index is 0.169. The van der Waals surface area contributed by atoms with Gasteiger partial charge in [0.25, 0.3) is 0 Å². The van der Waals surface area contributed by atoms with Crippen LogP contribution in [0.25, 0.3) is 10.9 Å². The molecule has 2 N–H and O–H groups in total. The summed E-state index contributed by atoms with van der Waals surface area (Å²) in [7, 11) is 0. The average molecular weight is 392 g/mol. The molecule has 3 aromatic rings. The zero-order valence-electron chi connectivity index (χ0n) is 16.4. The van der Waals surface area contributed by atoms with E-state index in [0.29, 0.717) is 16.7 Å². The van der Waals surface area contributed by atoms with Crippen molar-refractivity contribution in [1.29, 1.82) is 0 Å². The molecule has 2 heterocycles. The molecule has 0 bridgehead atoms. The predicted molar refractivity (Wildman–Crippen MR) is 113 cm³/mol. The van der Waals surface area contributed by atoms with Gasteiger partial charge in [0.1, 0.15) is 12.4 Å². The van der Waals surface area contributed by atoms with Crippen LogP contribution >= 0.6 is 0 Å². The summed E-state index contributed by atoms with van der Waals surface area (Å²) in [5.41, 5.74) is 9.61. The van der Waals surface area contributed by atoms with Gasteiger partial charge >= 0.3 is 0 Å². The molecule has 0 radical (unpaired) electrons. The van der Waals surface area contributed by atoms with Gasteiger partial charge in [-0.05, 0) is 49.7 Å². The molecule has 0 saturated carbocycles. The van der Waals surface area contributed by atoms with Crippen molar-refractivity contribution in [3.05, 3.63) is 77.2 Å². The molecule has 0 spiro atoms. The van der Waals surface area contributed by atoms with E-state index in [1.807, 2.05) is 18.2 Å². The van der Waals surface area contributed by atoms with Gasteiger partial charge < -0.3 is 10.6 Å². The molecule has 150 valence electrons. The fraction of sp³-hybridized carbons (Fsp3) is 0.304. The van der Waals surface area contributed by atoms with Crippen LogP contribution < -0.4 is 5.73 Å². The highest BCUT2D eigenvalue weighted by Crippen LogP contribution is 2.21. The van der Waals surface area contributed by atoms with Gasteiger partial charge in [-0.15, -0.1) is 0 Å². The van der Waals surface area contributed by atoms with Crippen molar-refractivity contribution in [2.75, 3.05) is 13.1 Å². The van der Waals surface area contributed by atoms with Crippen LogP contribution in [0.1, 0.15) is 36.0 Å². The van der Waals surface area contributed by atoms with Crippen LogP contribution in [-0.2, 0) is 18.0 Å². The van der Waals surface area contributed by atoms with Crippen molar-refractivity contribution in [3.63, 3.8) is 0 Å². The first-order valence-electron chi connectivity index (χ1n) is 10.0. The zero-order valence-corrected chi connectivity index (χ0v) is 16.4. The number of pyridine rings is 1. The van der Waals surface area contributed by atoms with E-state index in [1.54, 1.807) is 24.4 Å². The Kier molecular flexibility index (Phi) is 6.00. The Morgan fingerprint density at radius 1 is 1.03 bits per heavy atom. The quantitative estimate of drug-likeness (QED) is 0.388. The molecule has 0 aliphatic carbocycles. The lowest BCUT2D eigenvalue weighted by Crippen LogP contribution is -2.30. The van der Waals surface area contributed by atoms with E-state index in [4.69, 9.17) is 10.6 Å². The summed E-state index contributed by atoms with van der Waals surface area (Å²) in [6.45, 7) is 3.26. The van der Waals surface area contributed by atoms with Crippen molar-refractivity contribution >= 4 is 16.7 Å². The normalized spacial score (nSPS) is 15.6. The van der Waals surface area contributed by atoms with Gasteiger partial charge in [-0.1, -0.05) is 41.9 Å². The third-order valence-electron chi connectivity index (χ3n) is 5.32. The summed E-state index contributed by atoms with van der Waals surface area (Å²) in [6, 6.07) is 14.5. The summed E-state index contributed by atoms with van der Waals surface area (Å²) >= 11 is 0. The first-order valence-corrected chi connectivity index (χ1v) is 10.0. The van der Waals surface area contributed by atoms with E-state index in [1.165, 1.54) is 25.3 Å². The Morgan fingerprint density at radius 2 is 1.86 bits per heavy atom. The fourth-order valence-corrected chi connectivity index (χ4v) is 3.80. The summed E-state index contributed by atoms with van der Waals surface area (Å²) < 4.78 is 13.9. The van der Waals surface area contributed by atoms with Crippen LogP contribution in [0, 0.1) is 5.82 Å². The average Bonchev–Trinajstić information content (AvgIpc) is 2.76. The van der Waals surface area contributed by atoms with Crippen LogP contribution in [-0.4, -0.2) is 28.8 Å². The van der Waals surface area contributed by atoms with Crippen LogP contribution in [0.2, 0.25) is 0 Å². The molecule has 29 heavy (non-hydrogen) atoms. The van der Waals surface area contributed by atoms with Gasteiger partial charge in [-0.25, -0.2) is 4.39 Å². The van der Waals surface area contributed by atoms with Crippen molar-refractivity contribution in [2.45, 2.75) is 32.4 Å². The number of likely N-dealkylation sites (tertiary alicyclic amines) is 1. The Bertz CT molecular complexity index is 1010. The Hall–Kier alpha value is -2.99. The lowest BCUT2D eigenvalue weighted by Gasteiger charge is -2.27. The number of nitrogens with two attached hydrogens (primary N) is 1. The molecule has 0 unspecified atom stereocenters. The molecule has 1 saturated heterocycles. The zero-order chi connectivity index (χ0) is 20.1. The van der Waals surface area contributed by atoms with E-state index in [2.05, 4.69) is 21.1 Å². The van der Waals surface area contributed by atoms with Gasteiger partial charge in [0.15, 0.2) is 5.84 Å². The van der Waals surface area contributed by atoms with Gasteiger partial charge in [0, 0.05) is 29.3 Å². The molecule has 1 fully saturated rings. The second-order valence-electron chi connectivity index (χ2n) is 7.35. The Balaban J connectivity index is 1.48. The second-order valence-corrected chi connectivity index (χ2v) is 7.35. The number of hydrogen-bond acceptors (Lipinski definition) is 4. The van der Waals surface area contributed by atoms with E-state index < -0.39 is 0 Å². The van der Waals surface area contributed by atoms with Crippen LogP contribution in [0.5, 0.6) is 0 Å². The van der Waals surface area contributed by atoms with Crippen molar-refractivity contribution < 1.29 is 9.23 Å². The molecule has 2 aromatic carbocycles. The lowest BCUT2D eigenvalue weighted by molar-refractivity contribution is 0.131. The van der Waals surface area contributed by atoms with E-state index >= 15 is 0 Å². The number of halogens is 1. The number of rotatable bonds is 6. The smallest absolute Gasteiger partial charge is 0.170 e. The molecular weight excluding hydrogens is 367 g/mol. The maximum absolute atomic E-state index is 13.9. The highest BCUT2D eigenvalue weighted by Gasteiger charge is 2.14. The number of aromatic nitrogens is 1. The largest absolute Gasteiger partial charge is 0.389 e. The minimum Gasteiger partial charge on any atom is -0.389 e. The van der Waals surface area contributed by atoms with Gasteiger partial charge in [-0.2, -0.15) is 0 Å². The highest BCUT2D eigenvalue weighted by atomic mass is 19.1. The third kappa shape index (κ3) is 4.54. The van der Waals surface area contributed by atoms with Gasteiger partial charge in [-0.3, -0.25) is 9.88 Å². The maximum atomic E-state index is 13.9. The van der Waals surface area contributed by atoms with Crippen LogP contribution in [0.4, 0.5) is 4.39 Å². The number of fused-ring (bicyclic) bond motifs is 1. The van der Waals surface area contributed by atoms with Crippen LogP contribution in [0.3, 0.4) is 0 Å². The molecule has 6 heteroatoms. The number of benzene rings is 2. The standard InChI is InChI=1S/C23H25FN4O/c24-21-11-10-18(22-20(21)9-6-12-26-22)16-29-27-23(25)19-8-3-2-7-17(19)15-28-13-4-1-5-14-28/h2-3,6-12H,1,4-5,13-16H2,(H2,25,27). The molecule has 5 nitrogen and oxygen atoms in total. The highest BCUT2D eigenvalue weighted by molar-refractivity contribution is 5.98. The van der Waals surface area contributed by atoms with E-state index in [-0.39, 0.29) is 12.4 Å². The van der Waals surface area contributed by atoms with Crippen molar-refractivity contribution in [2.24, 2.45) is 10.9 Å². The van der Waals surface area contributed by atoms with Crippen molar-refractivity contribution in [1.82, 2.24) is 9.88 Å². The molecule has 0 amide bonds. The third-order valence-corrected chi connectivity index (χ3v) is 5.32. The van der Waals surface area contributed by atoms with Crippen molar-refractivity contribution in [3.8, 4) is 0 Å². The molecule has 1 aromatic heterocycles. The predicted octanol–water partition coefficient (Wildman–Crippen LogP) is 4.20. The molecule has 4 rings (SSSR count). The first-order chi connectivity index (χ1) is 14.2. The van der Waals surface area contributed by atoms with Crippen LogP contribution in [0.15, 0.2) is 59.9 Å². The maximum Gasteiger partial charge on any atom is 0.170 e. The Labute approximate surface area is 170 Å². The first kappa shape index (κ1) is 19.3. The van der Waals surface area contributed by atoms with Gasteiger partial charge in [0.05, 0.1) is 5.52 Å². The number of nitrogens with zero attached hydrogens (tertiary/aromatic N) is 3. The number of hydrogen-bond donors (Lipinski definition) is 1. The molecule has 1 aliphatic heterocycles. The molecular formula is C23H25FN4O. The van der Waals surface area contributed by atoms with E-state index in [9.17, 15) is 4.39 Å². The SMILES string of the molecule is N/C(=N/OCc1ccc(F)c2cccnc12)c1ccccc1CN1CCCCC1. The summed E-state index contributed by atoms with van der Waals surface area (Å²) in [5.74, 6) is 0.0449. The Morgan fingerprint density at radius 3 is 2.72 bits per heavy atom. The number of oxime groups is 1. The van der Waals surface area contributed by atoms with E-state index in [0.717, 1.165) is 36.3 Å². The lowest BCUT2D eigenvalue weighted by atomic mass is 10.0. The van der Waals surface area contributed by atoms with Gasteiger partial charge in [0.2, 0.25) is 0 Å².